The Bertz CT molecular complexity index is 896. The number of ether oxygens (including phenoxy) is 6. The molecule has 2 rings (SSSR count). The summed E-state index contributed by atoms with van der Waals surface area (Å²) in [5.74, 6) is -2.41. The number of likely N-dealkylation sites (N-methyl/N-ethyl adjacent to an activating group) is 1. The van der Waals surface area contributed by atoms with E-state index in [1.807, 2.05) is 7.05 Å². The maximum atomic E-state index is 11.8. The second-order valence-electron chi connectivity index (χ2n) is 9.76. The average Bonchev–Trinajstić information content (AvgIpc) is 2.93. The number of methoxy groups -OCH3 is 2. The van der Waals surface area contributed by atoms with Crippen molar-refractivity contribution in [2.24, 2.45) is 0 Å². The van der Waals surface area contributed by atoms with Crippen molar-refractivity contribution in [3.8, 4) is 0 Å². The highest BCUT2D eigenvalue weighted by atomic mass is 16.5. The Kier molecular flexibility index (Phi) is 14.8. The van der Waals surface area contributed by atoms with Crippen LogP contribution in [0.15, 0.2) is 24.3 Å². The molecule has 2 saturated heterocycles. The summed E-state index contributed by atoms with van der Waals surface area (Å²) in [7, 11) is 4.51. The number of hydrogen-bond acceptors (Lipinski definition) is 13. The molecule has 0 spiro atoms. The first-order valence-electron chi connectivity index (χ1n) is 13.4. The second kappa shape index (κ2) is 17.8. The number of hydrogen-bond donors (Lipinski definition) is 0. The molecule has 2 aliphatic rings. The second-order valence-corrected chi connectivity index (χ2v) is 9.76. The predicted octanol–water partition coefficient (Wildman–Crippen LogP) is -0.358. The normalized spacial score (nSPS) is 24.4. The molecule has 2 aliphatic heterocycles. The highest BCUT2D eigenvalue weighted by Crippen LogP contribution is 2.20. The lowest BCUT2D eigenvalue weighted by atomic mass is 10.1. The molecule has 226 valence electrons. The molecule has 13 heteroatoms. The Morgan fingerprint density at radius 3 is 2.02 bits per heavy atom. The Morgan fingerprint density at radius 1 is 0.850 bits per heavy atom. The summed E-state index contributed by atoms with van der Waals surface area (Å²) in [5, 5.41) is 0. The van der Waals surface area contributed by atoms with Crippen LogP contribution in [0.4, 0.5) is 0 Å². The van der Waals surface area contributed by atoms with Gasteiger partial charge in [0.2, 0.25) is 0 Å². The van der Waals surface area contributed by atoms with Gasteiger partial charge in [0.1, 0.15) is 13.2 Å². The third-order valence-electron chi connectivity index (χ3n) is 6.77. The molecule has 2 fully saturated rings. The van der Waals surface area contributed by atoms with Crippen molar-refractivity contribution in [1.82, 2.24) is 14.7 Å². The highest BCUT2D eigenvalue weighted by Gasteiger charge is 2.34. The summed E-state index contributed by atoms with van der Waals surface area (Å²) in [4.78, 5) is 52.3. The smallest absolute Gasteiger partial charge is 0.331 e. The van der Waals surface area contributed by atoms with E-state index >= 15 is 0 Å². The third-order valence-corrected chi connectivity index (χ3v) is 6.77. The number of rotatable bonds is 14. The molecule has 0 aromatic carbocycles. The topological polar surface area (TPSA) is 133 Å². The van der Waals surface area contributed by atoms with Crippen LogP contribution >= 0.6 is 0 Å². The lowest BCUT2D eigenvalue weighted by molar-refractivity contribution is -0.142. The van der Waals surface area contributed by atoms with Crippen molar-refractivity contribution < 1.29 is 47.6 Å². The zero-order chi connectivity index (χ0) is 29.5. The third kappa shape index (κ3) is 12.1. The molecular formula is C27H43N3O10. The van der Waals surface area contributed by atoms with Crippen molar-refractivity contribution in [3.05, 3.63) is 24.3 Å². The van der Waals surface area contributed by atoms with E-state index in [1.54, 1.807) is 0 Å². The van der Waals surface area contributed by atoms with E-state index in [9.17, 15) is 19.2 Å². The van der Waals surface area contributed by atoms with Crippen molar-refractivity contribution in [2.75, 3.05) is 87.0 Å². The molecule has 0 N–H and O–H groups in total. The van der Waals surface area contributed by atoms with E-state index in [1.165, 1.54) is 14.2 Å². The fraction of sp³-hybridized carbons (Fsp3) is 0.704. The Balaban J connectivity index is 1.74. The van der Waals surface area contributed by atoms with Crippen molar-refractivity contribution in [1.29, 1.82) is 0 Å². The van der Waals surface area contributed by atoms with Crippen molar-refractivity contribution in [3.63, 3.8) is 0 Å². The molecule has 4 atom stereocenters. The van der Waals surface area contributed by atoms with Gasteiger partial charge in [0.25, 0.3) is 0 Å². The Hall–Kier alpha value is -2.84. The quantitative estimate of drug-likeness (QED) is 0.153. The van der Waals surface area contributed by atoms with Gasteiger partial charge in [-0.05, 0) is 20.9 Å². The maximum absolute atomic E-state index is 11.8. The molecule has 13 nitrogen and oxygen atoms in total. The van der Waals surface area contributed by atoms with Crippen LogP contribution in [-0.2, 0) is 47.6 Å². The minimum absolute atomic E-state index is 0.0000483. The first kappa shape index (κ1) is 33.4. The van der Waals surface area contributed by atoms with E-state index in [0.29, 0.717) is 45.9 Å². The number of morpholine rings is 2. The van der Waals surface area contributed by atoms with Crippen LogP contribution in [0.3, 0.4) is 0 Å². The molecule has 0 aromatic rings. The Labute approximate surface area is 235 Å². The van der Waals surface area contributed by atoms with Gasteiger partial charge < -0.3 is 33.3 Å². The minimum atomic E-state index is -0.613. The highest BCUT2D eigenvalue weighted by molar-refractivity contribution is 5.92. The summed E-state index contributed by atoms with van der Waals surface area (Å²) < 4.78 is 31.4. The van der Waals surface area contributed by atoms with E-state index in [2.05, 4.69) is 38.0 Å². The predicted molar refractivity (Wildman–Crippen MR) is 143 cm³/mol. The molecule has 0 amide bonds. The standard InChI is InChI=1S/C27H43N3O10/c1-20-19-40-23(21(2)30(20)12-15-39-27(34)9-7-25(32)36-5)18-28(3)16-22-17-29(10-13-37-22)11-14-38-26(33)8-6-24(31)35-4/h6-9,20-23H,10-19H2,1-5H3/b8-6+,9-7+/t20-,21-,22?,23?/m0/s1. The van der Waals surface area contributed by atoms with E-state index in [-0.39, 0.29) is 37.5 Å². The van der Waals surface area contributed by atoms with Gasteiger partial charge in [0.05, 0.1) is 39.6 Å². The largest absolute Gasteiger partial charge is 0.466 e. The van der Waals surface area contributed by atoms with Crippen molar-refractivity contribution >= 4 is 23.9 Å². The van der Waals surface area contributed by atoms with Crippen LogP contribution in [0.25, 0.3) is 0 Å². The van der Waals surface area contributed by atoms with Crippen LogP contribution in [0, 0.1) is 0 Å². The zero-order valence-electron chi connectivity index (χ0n) is 24.1. The van der Waals surface area contributed by atoms with Crippen molar-refractivity contribution in [2.45, 2.75) is 38.1 Å². The van der Waals surface area contributed by atoms with Gasteiger partial charge in [-0.2, -0.15) is 0 Å². The average molecular weight is 570 g/mol. The molecular weight excluding hydrogens is 526 g/mol. The van der Waals surface area contributed by atoms with Crippen LogP contribution < -0.4 is 0 Å². The van der Waals surface area contributed by atoms with Gasteiger partial charge in [-0.15, -0.1) is 0 Å². The number of carbonyl (C=O) groups is 4. The van der Waals surface area contributed by atoms with Gasteiger partial charge >= 0.3 is 23.9 Å². The summed E-state index contributed by atoms with van der Waals surface area (Å²) in [6, 6.07) is 0.267. The summed E-state index contributed by atoms with van der Waals surface area (Å²) in [6.45, 7) is 9.74. The van der Waals surface area contributed by atoms with Crippen LogP contribution in [-0.4, -0.2) is 150 Å². The number of nitrogens with zero attached hydrogens (tertiary/aromatic N) is 3. The summed E-state index contributed by atoms with van der Waals surface area (Å²) >= 11 is 0. The fourth-order valence-corrected chi connectivity index (χ4v) is 4.60. The van der Waals surface area contributed by atoms with Gasteiger partial charge in [0.15, 0.2) is 0 Å². The SMILES string of the molecule is COC(=O)/C=C/C(=O)OCCN1CCOC(CN(C)CC2OC[C@H](C)N(CCOC(=O)/C=C/C(=O)OC)[C@H]2C)C1. The fourth-order valence-electron chi connectivity index (χ4n) is 4.60. The molecule has 0 saturated carbocycles. The van der Waals surface area contributed by atoms with E-state index < -0.39 is 23.9 Å². The molecule has 0 bridgehead atoms. The molecule has 2 unspecified atom stereocenters. The monoisotopic (exact) mass is 569 g/mol. The minimum Gasteiger partial charge on any atom is -0.466 e. The van der Waals surface area contributed by atoms with Gasteiger partial charge in [-0.25, -0.2) is 19.2 Å². The van der Waals surface area contributed by atoms with Gasteiger partial charge in [0, 0.05) is 75.7 Å². The van der Waals surface area contributed by atoms with Crippen LogP contribution in [0.5, 0.6) is 0 Å². The van der Waals surface area contributed by atoms with Crippen LogP contribution in [0.1, 0.15) is 13.8 Å². The molecule has 40 heavy (non-hydrogen) atoms. The lowest BCUT2D eigenvalue weighted by Crippen LogP contribution is -2.58. The zero-order valence-corrected chi connectivity index (χ0v) is 24.1. The molecule has 0 radical (unpaired) electrons. The molecule has 0 aromatic heterocycles. The van der Waals surface area contributed by atoms with Gasteiger partial charge in [-0.1, -0.05) is 0 Å². The first-order chi connectivity index (χ1) is 19.1. The number of carbonyl (C=O) groups excluding carboxylic acids is 4. The molecule has 0 aliphatic carbocycles. The van der Waals surface area contributed by atoms with E-state index in [4.69, 9.17) is 18.9 Å². The van der Waals surface area contributed by atoms with Crippen LogP contribution in [0.2, 0.25) is 0 Å². The maximum Gasteiger partial charge on any atom is 0.331 e. The van der Waals surface area contributed by atoms with Gasteiger partial charge in [-0.3, -0.25) is 9.80 Å². The molecule has 2 heterocycles. The Morgan fingerprint density at radius 2 is 1.43 bits per heavy atom. The van der Waals surface area contributed by atoms with E-state index in [0.717, 1.165) is 30.8 Å². The lowest BCUT2D eigenvalue weighted by Gasteiger charge is -2.45. The summed E-state index contributed by atoms with van der Waals surface area (Å²) in [5.41, 5.74) is 0. The number of esters is 4. The summed E-state index contributed by atoms with van der Waals surface area (Å²) in [6.07, 6.45) is 4.14. The first-order valence-corrected chi connectivity index (χ1v) is 13.4.